The van der Waals surface area contributed by atoms with Gasteiger partial charge < -0.3 is 10.4 Å². The van der Waals surface area contributed by atoms with Crippen molar-refractivity contribution in [3.8, 4) is 0 Å². The first kappa shape index (κ1) is 13.9. The topological polar surface area (TPSA) is 62.2 Å². The molecular formula is C11H15FN2O2S. The van der Waals surface area contributed by atoms with E-state index in [9.17, 15) is 9.18 Å². The number of rotatable bonds is 6. The maximum absolute atomic E-state index is 12.8. The lowest BCUT2D eigenvalue weighted by atomic mass is 10.2. The molecular weight excluding hydrogens is 243 g/mol. The number of aliphatic hydroxyl groups is 1. The summed E-state index contributed by atoms with van der Waals surface area (Å²) in [5, 5.41) is 11.6. The lowest BCUT2D eigenvalue weighted by Crippen LogP contribution is -2.37. The maximum Gasteiger partial charge on any atom is 0.251 e. The van der Waals surface area contributed by atoms with Crippen molar-refractivity contribution in [1.82, 2.24) is 10.3 Å². The SMILES string of the molecule is CSCC(CCO)NC(=O)c1ccnc(F)c1. The van der Waals surface area contributed by atoms with Gasteiger partial charge in [0.05, 0.1) is 0 Å². The Labute approximate surface area is 104 Å². The number of nitrogens with zero attached hydrogens (tertiary/aromatic N) is 1. The van der Waals surface area contributed by atoms with Gasteiger partial charge in [-0.3, -0.25) is 4.79 Å². The zero-order valence-electron chi connectivity index (χ0n) is 9.52. The van der Waals surface area contributed by atoms with E-state index in [-0.39, 0.29) is 24.1 Å². The van der Waals surface area contributed by atoms with Crippen molar-refractivity contribution in [3.05, 3.63) is 29.8 Å². The lowest BCUT2D eigenvalue weighted by molar-refractivity contribution is 0.0934. The quantitative estimate of drug-likeness (QED) is 0.749. The molecule has 17 heavy (non-hydrogen) atoms. The number of nitrogens with one attached hydrogen (secondary N) is 1. The number of amides is 1. The Morgan fingerprint density at radius 1 is 1.71 bits per heavy atom. The monoisotopic (exact) mass is 258 g/mol. The Balaban J connectivity index is 2.63. The van der Waals surface area contributed by atoms with Crippen LogP contribution in [0.2, 0.25) is 0 Å². The van der Waals surface area contributed by atoms with Crippen LogP contribution in [0.3, 0.4) is 0 Å². The number of thioether (sulfide) groups is 1. The molecule has 2 N–H and O–H groups in total. The smallest absolute Gasteiger partial charge is 0.251 e. The molecule has 4 nitrogen and oxygen atoms in total. The highest BCUT2D eigenvalue weighted by molar-refractivity contribution is 7.98. The number of pyridine rings is 1. The third-order valence-corrected chi connectivity index (χ3v) is 2.91. The first-order chi connectivity index (χ1) is 8.17. The summed E-state index contributed by atoms with van der Waals surface area (Å²) in [5.74, 6) is -0.320. The van der Waals surface area contributed by atoms with E-state index in [0.29, 0.717) is 12.2 Å². The van der Waals surface area contributed by atoms with Gasteiger partial charge in [-0.1, -0.05) is 0 Å². The van der Waals surface area contributed by atoms with E-state index in [1.165, 1.54) is 12.3 Å². The minimum absolute atomic E-state index is 0.0101. The molecule has 6 heteroatoms. The molecule has 1 aromatic heterocycles. The second-order valence-electron chi connectivity index (χ2n) is 3.51. The summed E-state index contributed by atoms with van der Waals surface area (Å²) in [5.41, 5.74) is 0.238. The molecule has 0 aliphatic rings. The molecule has 0 saturated heterocycles. The van der Waals surface area contributed by atoms with E-state index in [2.05, 4.69) is 10.3 Å². The summed E-state index contributed by atoms with van der Waals surface area (Å²) in [6, 6.07) is 2.43. The highest BCUT2D eigenvalue weighted by Crippen LogP contribution is 2.05. The van der Waals surface area contributed by atoms with Crippen LogP contribution in [-0.4, -0.2) is 40.7 Å². The van der Waals surface area contributed by atoms with E-state index in [1.54, 1.807) is 11.8 Å². The molecule has 1 atom stereocenters. The molecule has 1 rings (SSSR count). The van der Waals surface area contributed by atoms with E-state index >= 15 is 0 Å². The second-order valence-corrected chi connectivity index (χ2v) is 4.42. The number of hydrogen-bond acceptors (Lipinski definition) is 4. The van der Waals surface area contributed by atoms with Crippen molar-refractivity contribution in [2.45, 2.75) is 12.5 Å². The van der Waals surface area contributed by atoms with Crippen molar-refractivity contribution in [2.75, 3.05) is 18.6 Å². The van der Waals surface area contributed by atoms with E-state index < -0.39 is 5.95 Å². The Morgan fingerprint density at radius 2 is 2.47 bits per heavy atom. The molecule has 0 aliphatic carbocycles. The van der Waals surface area contributed by atoms with E-state index in [4.69, 9.17) is 5.11 Å². The van der Waals surface area contributed by atoms with Crippen LogP contribution in [0.15, 0.2) is 18.3 Å². The van der Waals surface area contributed by atoms with Crippen LogP contribution in [-0.2, 0) is 0 Å². The number of aliphatic hydroxyl groups excluding tert-OH is 1. The number of halogens is 1. The molecule has 1 unspecified atom stereocenters. The molecule has 0 aliphatic heterocycles. The Morgan fingerprint density at radius 3 is 3.06 bits per heavy atom. The minimum Gasteiger partial charge on any atom is -0.396 e. The molecule has 1 heterocycles. The summed E-state index contributed by atoms with van der Waals surface area (Å²) in [6.07, 6.45) is 3.66. The van der Waals surface area contributed by atoms with Gasteiger partial charge in [-0.15, -0.1) is 0 Å². The molecule has 0 bridgehead atoms. The first-order valence-corrected chi connectivity index (χ1v) is 6.59. The summed E-state index contributed by atoms with van der Waals surface area (Å²) in [4.78, 5) is 15.1. The molecule has 1 aromatic rings. The third kappa shape index (κ3) is 4.70. The fourth-order valence-corrected chi connectivity index (χ4v) is 2.02. The predicted molar refractivity (Wildman–Crippen MR) is 65.5 cm³/mol. The van der Waals surface area contributed by atoms with Gasteiger partial charge in [0, 0.05) is 36.2 Å². The molecule has 0 saturated carbocycles. The van der Waals surface area contributed by atoms with Gasteiger partial charge in [0.15, 0.2) is 0 Å². The van der Waals surface area contributed by atoms with Crippen LogP contribution in [0.4, 0.5) is 4.39 Å². The average molecular weight is 258 g/mol. The molecule has 0 fully saturated rings. The molecule has 0 radical (unpaired) electrons. The highest BCUT2D eigenvalue weighted by atomic mass is 32.2. The van der Waals surface area contributed by atoms with Gasteiger partial charge in [0.2, 0.25) is 5.95 Å². The Bertz CT molecular complexity index is 370. The zero-order valence-corrected chi connectivity index (χ0v) is 10.3. The standard InChI is InChI=1S/C11H15FN2O2S/c1-17-7-9(3-5-15)14-11(16)8-2-4-13-10(12)6-8/h2,4,6,9,15H,3,5,7H2,1H3,(H,14,16). The maximum atomic E-state index is 12.8. The van der Waals surface area contributed by atoms with E-state index in [1.807, 2.05) is 6.26 Å². The van der Waals surface area contributed by atoms with Crippen molar-refractivity contribution in [3.63, 3.8) is 0 Å². The minimum atomic E-state index is -0.679. The molecule has 94 valence electrons. The zero-order chi connectivity index (χ0) is 12.7. The molecule has 0 spiro atoms. The van der Waals surface area contributed by atoms with Crippen LogP contribution < -0.4 is 5.32 Å². The van der Waals surface area contributed by atoms with Crippen LogP contribution in [0, 0.1) is 5.95 Å². The van der Waals surface area contributed by atoms with Crippen molar-refractivity contribution < 1.29 is 14.3 Å². The van der Waals surface area contributed by atoms with Crippen LogP contribution in [0.5, 0.6) is 0 Å². The fourth-order valence-electron chi connectivity index (χ4n) is 1.37. The second kappa shape index (κ2) is 7.24. The summed E-state index contributed by atoms with van der Waals surface area (Å²) in [6.45, 7) is 0.0101. The van der Waals surface area contributed by atoms with E-state index in [0.717, 1.165) is 6.07 Å². The molecule has 1 amide bonds. The van der Waals surface area contributed by atoms with Gasteiger partial charge in [-0.05, 0) is 18.7 Å². The van der Waals surface area contributed by atoms with Crippen molar-refractivity contribution in [2.24, 2.45) is 0 Å². The first-order valence-electron chi connectivity index (χ1n) is 5.19. The van der Waals surface area contributed by atoms with Crippen LogP contribution in [0.25, 0.3) is 0 Å². The number of carbonyl (C=O) groups excluding carboxylic acids is 1. The summed E-state index contributed by atoms with van der Waals surface area (Å²) in [7, 11) is 0. The third-order valence-electron chi connectivity index (χ3n) is 2.17. The van der Waals surface area contributed by atoms with Gasteiger partial charge in [-0.25, -0.2) is 4.98 Å². The van der Waals surface area contributed by atoms with Crippen LogP contribution >= 0.6 is 11.8 Å². The largest absolute Gasteiger partial charge is 0.396 e. The van der Waals surface area contributed by atoms with Gasteiger partial charge >= 0.3 is 0 Å². The fraction of sp³-hybridized carbons (Fsp3) is 0.455. The van der Waals surface area contributed by atoms with Crippen molar-refractivity contribution >= 4 is 17.7 Å². The summed E-state index contributed by atoms with van der Waals surface area (Å²) >= 11 is 1.58. The Kier molecular flexibility index (Phi) is 5.93. The number of hydrogen-bond donors (Lipinski definition) is 2. The average Bonchev–Trinajstić information content (AvgIpc) is 2.29. The highest BCUT2D eigenvalue weighted by Gasteiger charge is 2.13. The van der Waals surface area contributed by atoms with Gasteiger partial charge in [0.25, 0.3) is 5.91 Å². The Hall–Kier alpha value is -1.14. The summed E-state index contributed by atoms with van der Waals surface area (Å²) < 4.78 is 12.8. The predicted octanol–water partition coefficient (Wildman–Crippen LogP) is 1.06. The lowest BCUT2D eigenvalue weighted by Gasteiger charge is -2.16. The molecule has 0 aromatic carbocycles. The normalized spacial score (nSPS) is 12.2. The van der Waals surface area contributed by atoms with Gasteiger partial charge in [0.1, 0.15) is 0 Å². The van der Waals surface area contributed by atoms with Crippen molar-refractivity contribution in [1.29, 1.82) is 0 Å². The van der Waals surface area contributed by atoms with Gasteiger partial charge in [-0.2, -0.15) is 16.2 Å². The number of aromatic nitrogens is 1. The number of carbonyl (C=O) groups is 1. The van der Waals surface area contributed by atoms with Crippen LogP contribution in [0.1, 0.15) is 16.8 Å².